The number of ether oxygens (including phenoxy) is 2. The van der Waals surface area contributed by atoms with Gasteiger partial charge in [-0.05, 0) is 30.5 Å². The molecule has 0 aliphatic carbocycles. The van der Waals surface area contributed by atoms with E-state index >= 15 is 0 Å². The lowest BCUT2D eigenvalue weighted by atomic mass is 10.0. The Morgan fingerprint density at radius 3 is 2.28 bits per heavy atom. The van der Waals surface area contributed by atoms with Crippen LogP contribution in [0.4, 0.5) is 0 Å². The highest BCUT2D eigenvalue weighted by molar-refractivity contribution is 5.44. The van der Waals surface area contributed by atoms with Crippen LogP contribution in [0.5, 0.6) is 11.5 Å². The van der Waals surface area contributed by atoms with Gasteiger partial charge in [0.2, 0.25) is 0 Å². The van der Waals surface area contributed by atoms with Crippen molar-refractivity contribution in [2.24, 2.45) is 5.92 Å². The van der Waals surface area contributed by atoms with Crippen LogP contribution in [-0.4, -0.2) is 24.9 Å². The van der Waals surface area contributed by atoms with Crippen LogP contribution in [0.3, 0.4) is 0 Å². The van der Waals surface area contributed by atoms with Crippen LogP contribution in [0, 0.1) is 11.8 Å². The Morgan fingerprint density at radius 1 is 1.17 bits per heavy atom. The van der Waals surface area contributed by atoms with E-state index in [0.29, 0.717) is 19.1 Å². The van der Waals surface area contributed by atoms with E-state index < -0.39 is 0 Å². The molecule has 1 aromatic rings. The Balaban J connectivity index is 2.90. The third-order valence-electron chi connectivity index (χ3n) is 2.50. The molecule has 0 bridgehead atoms. The minimum Gasteiger partial charge on any atom is -0.494 e. The molecule has 0 fully saturated rings. The second kappa shape index (κ2) is 7.27. The molecule has 0 unspecified atom stereocenters. The number of hydrogen-bond acceptors (Lipinski definition) is 3. The zero-order valence-electron chi connectivity index (χ0n) is 11.7. The van der Waals surface area contributed by atoms with Gasteiger partial charge >= 0.3 is 0 Å². The average Bonchev–Trinajstić information content (AvgIpc) is 2.35. The van der Waals surface area contributed by atoms with Gasteiger partial charge in [-0.3, -0.25) is 0 Å². The van der Waals surface area contributed by atoms with Crippen molar-refractivity contribution in [3.8, 4) is 11.5 Å². The maximum atomic E-state index is 9.20. The smallest absolute Gasteiger partial charge is 0.123 e. The van der Waals surface area contributed by atoms with E-state index in [1.807, 2.05) is 32.0 Å². The summed E-state index contributed by atoms with van der Waals surface area (Å²) in [5.41, 5.74) is 0.960. The molecule has 1 N–H and O–H groups in total. The molecule has 3 heteroatoms. The van der Waals surface area contributed by atoms with E-state index in [-0.39, 0.29) is 6.61 Å². The highest BCUT2D eigenvalue weighted by Crippen LogP contribution is 2.27. The molecule has 0 saturated heterocycles. The normalized spacial score (nSPS) is 11.1. The summed E-state index contributed by atoms with van der Waals surface area (Å²) in [7, 11) is 0. The maximum Gasteiger partial charge on any atom is 0.123 e. The number of aliphatic hydroxyl groups excluding tert-OH is 1. The maximum absolute atomic E-state index is 9.20. The van der Waals surface area contributed by atoms with Gasteiger partial charge < -0.3 is 14.6 Å². The van der Waals surface area contributed by atoms with E-state index in [9.17, 15) is 5.11 Å². The molecular weight excluding hydrogens is 228 g/mol. The molecule has 1 aromatic carbocycles. The predicted molar refractivity (Wildman–Crippen MR) is 73.0 cm³/mol. The lowest BCUT2D eigenvalue weighted by Gasteiger charge is -2.15. The zero-order valence-corrected chi connectivity index (χ0v) is 11.7. The molecule has 0 aliphatic heterocycles. The summed E-state index contributed by atoms with van der Waals surface area (Å²) in [5.74, 6) is 2.96. The second-order valence-corrected chi connectivity index (χ2v) is 4.77. The van der Waals surface area contributed by atoms with Gasteiger partial charge in [-0.25, -0.2) is 0 Å². The molecule has 101 valence electrons. The molecule has 0 aromatic heterocycles. The standard InChI is InChI=1S/C15H23O3/c1-5-17-14-6-13(12(4)9-16)7-15(8-14)18-10-11(2)3/h6-8,11,16H,5,9-10H2,1-4H3. The largest absolute Gasteiger partial charge is 0.494 e. The van der Waals surface area contributed by atoms with Crippen molar-refractivity contribution in [3.05, 3.63) is 29.7 Å². The van der Waals surface area contributed by atoms with Crippen molar-refractivity contribution in [2.45, 2.75) is 27.7 Å². The summed E-state index contributed by atoms with van der Waals surface area (Å²) in [5, 5.41) is 9.20. The number of rotatable bonds is 7. The third kappa shape index (κ3) is 4.57. The summed E-state index contributed by atoms with van der Waals surface area (Å²) in [6.45, 7) is 9.40. The first-order chi connectivity index (χ1) is 8.56. The monoisotopic (exact) mass is 251 g/mol. The molecule has 3 nitrogen and oxygen atoms in total. The van der Waals surface area contributed by atoms with E-state index in [1.54, 1.807) is 0 Å². The first-order valence-electron chi connectivity index (χ1n) is 6.41. The number of hydrogen-bond donors (Lipinski definition) is 1. The van der Waals surface area contributed by atoms with Crippen LogP contribution in [0.1, 0.15) is 33.3 Å². The van der Waals surface area contributed by atoms with Gasteiger partial charge in [0.25, 0.3) is 0 Å². The van der Waals surface area contributed by atoms with Crippen LogP contribution < -0.4 is 9.47 Å². The molecule has 0 aliphatic rings. The fourth-order valence-corrected chi connectivity index (χ4v) is 1.51. The van der Waals surface area contributed by atoms with E-state index in [1.165, 1.54) is 0 Å². The summed E-state index contributed by atoms with van der Waals surface area (Å²) >= 11 is 0. The molecule has 1 rings (SSSR count). The van der Waals surface area contributed by atoms with Crippen molar-refractivity contribution >= 4 is 0 Å². The van der Waals surface area contributed by atoms with E-state index in [0.717, 1.165) is 23.0 Å². The Hall–Kier alpha value is -1.22. The molecule has 1 radical (unpaired) electrons. The molecule has 0 spiro atoms. The summed E-state index contributed by atoms with van der Waals surface area (Å²) < 4.78 is 11.2. The van der Waals surface area contributed by atoms with Crippen LogP contribution in [0.2, 0.25) is 0 Å². The second-order valence-electron chi connectivity index (χ2n) is 4.77. The van der Waals surface area contributed by atoms with E-state index in [4.69, 9.17) is 9.47 Å². The fourth-order valence-electron chi connectivity index (χ4n) is 1.51. The summed E-state index contributed by atoms with van der Waals surface area (Å²) in [6.07, 6.45) is 0. The summed E-state index contributed by atoms with van der Waals surface area (Å²) in [4.78, 5) is 0. The zero-order chi connectivity index (χ0) is 13.5. The first-order valence-corrected chi connectivity index (χ1v) is 6.41. The van der Waals surface area contributed by atoms with Crippen molar-refractivity contribution in [1.29, 1.82) is 0 Å². The van der Waals surface area contributed by atoms with Crippen LogP contribution in [-0.2, 0) is 0 Å². The SMILES string of the molecule is CCOc1cc(OCC(C)C)cc([C](C)CO)c1. The topological polar surface area (TPSA) is 38.7 Å². The molecular formula is C15H23O3. The van der Waals surface area contributed by atoms with Gasteiger partial charge in [-0.1, -0.05) is 20.8 Å². The lowest BCUT2D eigenvalue weighted by molar-refractivity contribution is 0.267. The Labute approximate surface area is 110 Å². The third-order valence-corrected chi connectivity index (χ3v) is 2.50. The van der Waals surface area contributed by atoms with Crippen LogP contribution in [0.25, 0.3) is 0 Å². The van der Waals surface area contributed by atoms with Gasteiger partial charge in [0.15, 0.2) is 0 Å². The number of aliphatic hydroxyl groups is 1. The predicted octanol–water partition coefficient (Wildman–Crippen LogP) is 3.05. The van der Waals surface area contributed by atoms with Crippen molar-refractivity contribution < 1.29 is 14.6 Å². The van der Waals surface area contributed by atoms with Gasteiger partial charge in [-0.2, -0.15) is 0 Å². The van der Waals surface area contributed by atoms with Crippen LogP contribution >= 0.6 is 0 Å². The van der Waals surface area contributed by atoms with Crippen molar-refractivity contribution in [3.63, 3.8) is 0 Å². The van der Waals surface area contributed by atoms with Gasteiger partial charge in [0.1, 0.15) is 11.5 Å². The minimum absolute atomic E-state index is 0.0409. The van der Waals surface area contributed by atoms with Crippen molar-refractivity contribution in [1.82, 2.24) is 0 Å². The fraction of sp³-hybridized carbons (Fsp3) is 0.533. The van der Waals surface area contributed by atoms with Gasteiger partial charge in [0.05, 0.1) is 19.8 Å². The first kappa shape index (κ1) is 14.8. The number of benzene rings is 1. The Kier molecular flexibility index (Phi) is 5.99. The quantitative estimate of drug-likeness (QED) is 0.809. The Morgan fingerprint density at radius 2 is 1.78 bits per heavy atom. The summed E-state index contributed by atoms with van der Waals surface area (Å²) in [6, 6.07) is 5.76. The molecule has 0 amide bonds. The molecule has 0 saturated carbocycles. The highest BCUT2D eigenvalue weighted by Gasteiger charge is 2.10. The van der Waals surface area contributed by atoms with Crippen LogP contribution in [0.15, 0.2) is 18.2 Å². The molecule has 18 heavy (non-hydrogen) atoms. The minimum atomic E-state index is 0.0409. The highest BCUT2D eigenvalue weighted by atomic mass is 16.5. The van der Waals surface area contributed by atoms with E-state index in [2.05, 4.69) is 13.8 Å². The van der Waals surface area contributed by atoms with Gasteiger partial charge in [-0.15, -0.1) is 0 Å². The average molecular weight is 251 g/mol. The molecule has 0 heterocycles. The van der Waals surface area contributed by atoms with Crippen molar-refractivity contribution in [2.75, 3.05) is 19.8 Å². The molecule has 0 atom stereocenters. The van der Waals surface area contributed by atoms with Gasteiger partial charge in [0, 0.05) is 12.0 Å². The Bertz CT molecular complexity index is 361. The lowest BCUT2D eigenvalue weighted by Crippen LogP contribution is -2.06.